The summed E-state index contributed by atoms with van der Waals surface area (Å²) in [5.74, 6) is -1.33. The number of carbonyl (C=O) groups is 3. The second kappa shape index (κ2) is 9.33. The maximum absolute atomic E-state index is 12.4. The van der Waals surface area contributed by atoms with Crippen molar-refractivity contribution >= 4 is 52.2 Å². The van der Waals surface area contributed by atoms with Gasteiger partial charge in [0.05, 0.1) is 11.3 Å². The SMILES string of the molecule is O=C(O)CCNC(=O)CCCN1C(=O)/C(=C/c2ccccc2)SC1=S. The second-order valence-corrected chi connectivity index (χ2v) is 7.02. The third-order valence-corrected chi connectivity index (χ3v) is 4.80. The van der Waals surface area contributed by atoms with Gasteiger partial charge in [0.25, 0.3) is 5.91 Å². The topological polar surface area (TPSA) is 86.7 Å². The van der Waals surface area contributed by atoms with Crippen LogP contribution in [0.2, 0.25) is 0 Å². The summed E-state index contributed by atoms with van der Waals surface area (Å²) in [5, 5.41) is 11.0. The normalized spacial score (nSPS) is 15.7. The number of nitrogens with zero attached hydrogens (tertiary/aromatic N) is 1. The van der Waals surface area contributed by atoms with E-state index in [1.807, 2.05) is 30.3 Å². The molecule has 0 unspecified atom stereocenters. The zero-order chi connectivity index (χ0) is 18.2. The summed E-state index contributed by atoms with van der Waals surface area (Å²) in [6.07, 6.45) is 2.38. The molecule has 0 spiro atoms. The molecule has 0 radical (unpaired) electrons. The van der Waals surface area contributed by atoms with Gasteiger partial charge in [-0.25, -0.2) is 0 Å². The maximum Gasteiger partial charge on any atom is 0.305 e. The van der Waals surface area contributed by atoms with E-state index in [2.05, 4.69) is 5.32 Å². The number of aliphatic carboxylic acids is 1. The fourth-order valence-electron chi connectivity index (χ4n) is 2.19. The zero-order valence-electron chi connectivity index (χ0n) is 13.4. The third-order valence-electron chi connectivity index (χ3n) is 3.42. The standard InChI is InChI=1S/C17H18N2O4S2/c20-14(18-9-8-15(21)22)7-4-10-19-16(23)13(25-17(19)24)11-12-5-2-1-3-6-12/h1-3,5-6,11H,4,7-10H2,(H,18,20)(H,21,22)/b13-11-. The van der Waals surface area contributed by atoms with Crippen molar-refractivity contribution in [2.45, 2.75) is 19.3 Å². The number of amides is 2. The Hall–Kier alpha value is -2.19. The van der Waals surface area contributed by atoms with Crippen LogP contribution in [0, 0.1) is 0 Å². The molecule has 2 N–H and O–H groups in total. The largest absolute Gasteiger partial charge is 0.481 e. The summed E-state index contributed by atoms with van der Waals surface area (Å²) < 4.78 is 0.485. The summed E-state index contributed by atoms with van der Waals surface area (Å²) >= 11 is 6.51. The van der Waals surface area contributed by atoms with Gasteiger partial charge in [-0.3, -0.25) is 19.3 Å². The molecule has 0 aromatic heterocycles. The first-order valence-electron chi connectivity index (χ1n) is 7.76. The van der Waals surface area contributed by atoms with Crippen LogP contribution < -0.4 is 5.32 Å². The molecule has 8 heteroatoms. The van der Waals surface area contributed by atoms with E-state index in [1.54, 1.807) is 6.08 Å². The summed E-state index contributed by atoms with van der Waals surface area (Å²) in [5.41, 5.74) is 0.931. The molecular weight excluding hydrogens is 360 g/mol. The minimum Gasteiger partial charge on any atom is -0.481 e. The number of benzene rings is 1. The minimum atomic E-state index is -0.955. The summed E-state index contributed by atoms with van der Waals surface area (Å²) in [7, 11) is 0. The van der Waals surface area contributed by atoms with E-state index >= 15 is 0 Å². The van der Waals surface area contributed by atoms with E-state index < -0.39 is 5.97 Å². The van der Waals surface area contributed by atoms with Crippen molar-refractivity contribution in [3.63, 3.8) is 0 Å². The Morgan fingerprint density at radius 1 is 1.24 bits per heavy atom. The van der Waals surface area contributed by atoms with Crippen molar-refractivity contribution < 1.29 is 19.5 Å². The zero-order valence-corrected chi connectivity index (χ0v) is 15.1. The summed E-state index contributed by atoms with van der Waals surface area (Å²) in [4.78, 5) is 36.5. The van der Waals surface area contributed by atoms with Gasteiger partial charge in [-0.1, -0.05) is 54.3 Å². The number of hydrogen-bond acceptors (Lipinski definition) is 5. The molecule has 1 aliphatic heterocycles. The van der Waals surface area contributed by atoms with Crippen molar-refractivity contribution in [3.05, 3.63) is 40.8 Å². The van der Waals surface area contributed by atoms with Crippen molar-refractivity contribution in [2.24, 2.45) is 0 Å². The van der Waals surface area contributed by atoms with Gasteiger partial charge in [0.2, 0.25) is 5.91 Å². The Labute approximate surface area is 155 Å². The van der Waals surface area contributed by atoms with Crippen LogP contribution >= 0.6 is 24.0 Å². The average Bonchev–Trinajstić information content (AvgIpc) is 2.83. The van der Waals surface area contributed by atoms with Gasteiger partial charge in [0, 0.05) is 19.5 Å². The molecule has 1 aromatic carbocycles. The second-order valence-electron chi connectivity index (χ2n) is 5.34. The van der Waals surface area contributed by atoms with Crippen LogP contribution in [-0.2, 0) is 14.4 Å². The van der Waals surface area contributed by atoms with Gasteiger partial charge in [0.1, 0.15) is 4.32 Å². The van der Waals surface area contributed by atoms with Crippen molar-refractivity contribution in [3.8, 4) is 0 Å². The van der Waals surface area contributed by atoms with Crippen molar-refractivity contribution in [2.75, 3.05) is 13.1 Å². The van der Waals surface area contributed by atoms with Crippen LogP contribution in [0.1, 0.15) is 24.8 Å². The maximum atomic E-state index is 12.4. The van der Waals surface area contributed by atoms with Crippen molar-refractivity contribution in [1.29, 1.82) is 0 Å². The Morgan fingerprint density at radius 2 is 1.96 bits per heavy atom. The molecule has 0 bridgehead atoms. The lowest BCUT2D eigenvalue weighted by molar-refractivity contribution is -0.137. The molecule has 0 atom stereocenters. The van der Waals surface area contributed by atoms with Crippen LogP contribution in [0.4, 0.5) is 0 Å². The number of thiocarbonyl (C=S) groups is 1. The first-order valence-corrected chi connectivity index (χ1v) is 8.99. The Morgan fingerprint density at radius 3 is 2.64 bits per heavy atom. The summed E-state index contributed by atoms with van der Waals surface area (Å²) in [6, 6.07) is 9.52. The number of carbonyl (C=O) groups excluding carboxylic acids is 2. The van der Waals surface area contributed by atoms with Crippen LogP contribution in [0.25, 0.3) is 6.08 Å². The molecule has 6 nitrogen and oxygen atoms in total. The van der Waals surface area contributed by atoms with Gasteiger partial charge >= 0.3 is 5.97 Å². The lowest BCUT2D eigenvalue weighted by Gasteiger charge is -2.14. The van der Waals surface area contributed by atoms with Crippen LogP contribution in [0.5, 0.6) is 0 Å². The Bertz CT molecular complexity index is 704. The average molecular weight is 378 g/mol. The summed E-state index contributed by atoms with van der Waals surface area (Å²) in [6.45, 7) is 0.470. The molecular formula is C17H18N2O4S2. The molecule has 1 aliphatic rings. The first-order chi connectivity index (χ1) is 12.0. The molecule has 2 amide bonds. The lowest BCUT2D eigenvalue weighted by Crippen LogP contribution is -2.31. The predicted octanol–water partition coefficient (Wildman–Crippen LogP) is 2.26. The van der Waals surface area contributed by atoms with E-state index in [9.17, 15) is 14.4 Å². The quantitative estimate of drug-likeness (QED) is 0.533. The van der Waals surface area contributed by atoms with E-state index in [1.165, 1.54) is 16.7 Å². The molecule has 0 saturated carbocycles. The molecule has 132 valence electrons. The van der Waals surface area contributed by atoms with Gasteiger partial charge in [-0.05, 0) is 18.1 Å². The highest BCUT2D eigenvalue weighted by molar-refractivity contribution is 8.26. The molecule has 1 saturated heterocycles. The van der Waals surface area contributed by atoms with E-state index in [0.29, 0.717) is 22.2 Å². The predicted molar refractivity (Wildman–Crippen MR) is 101 cm³/mol. The molecule has 0 aliphatic carbocycles. The molecule has 1 fully saturated rings. The van der Waals surface area contributed by atoms with Crippen LogP contribution in [0.15, 0.2) is 35.2 Å². The number of hydrogen-bond donors (Lipinski definition) is 2. The minimum absolute atomic E-state index is 0.106. The fourth-order valence-corrected chi connectivity index (χ4v) is 3.50. The third kappa shape index (κ3) is 5.99. The monoisotopic (exact) mass is 378 g/mol. The highest BCUT2D eigenvalue weighted by atomic mass is 32.2. The first kappa shape index (κ1) is 19.1. The Kier molecular flexibility index (Phi) is 7.15. The number of rotatable bonds is 8. The number of carboxylic acids is 1. The lowest BCUT2D eigenvalue weighted by atomic mass is 10.2. The van der Waals surface area contributed by atoms with Gasteiger partial charge in [-0.2, -0.15) is 0 Å². The van der Waals surface area contributed by atoms with Gasteiger partial charge in [-0.15, -0.1) is 0 Å². The number of nitrogens with one attached hydrogen (secondary N) is 1. The molecule has 25 heavy (non-hydrogen) atoms. The van der Waals surface area contributed by atoms with E-state index in [0.717, 1.165) is 5.56 Å². The van der Waals surface area contributed by atoms with Crippen LogP contribution in [-0.4, -0.2) is 45.2 Å². The van der Waals surface area contributed by atoms with Gasteiger partial charge in [0.15, 0.2) is 0 Å². The van der Waals surface area contributed by atoms with E-state index in [-0.39, 0.29) is 31.2 Å². The fraction of sp³-hybridized carbons (Fsp3) is 0.294. The highest BCUT2D eigenvalue weighted by Crippen LogP contribution is 2.32. The van der Waals surface area contributed by atoms with Crippen molar-refractivity contribution in [1.82, 2.24) is 10.2 Å². The number of carboxylic acid groups (broad SMARTS) is 1. The highest BCUT2D eigenvalue weighted by Gasteiger charge is 2.31. The molecule has 2 rings (SSSR count). The molecule has 1 aromatic rings. The number of thioether (sulfide) groups is 1. The molecule has 1 heterocycles. The smallest absolute Gasteiger partial charge is 0.305 e. The van der Waals surface area contributed by atoms with Gasteiger partial charge < -0.3 is 10.4 Å². The Balaban J connectivity index is 1.82. The van der Waals surface area contributed by atoms with Crippen LogP contribution in [0.3, 0.4) is 0 Å². The van der Waals surface area contributed by atoms with E-state index in [4.69, 9.17) is 17.3 Å².